The van der Waals surface area contributed by atoms with Crippen molar-refractivity contribution in [2.45, 2.75) is 12.6 Å². The van der Waals surface area contributed by atoms with Gasteiger partial charge >= 0.3 is 6.18 Å². The number of amides is 1. The van der Waals surface area contributed by atoms with Gasteiger partial charge in [0.05, 0.1) is 21.1 Å². The lowest BCUT2D eigenvalue weighted by Crippen LogP contribution is -2.26. The molecule has 0 spiro atoms. The van der Waals surface area contributed by atoms with Crippen molar-refractivity contribution < 1.29 is 31.7 Å². The molecule has 2 aromatic rings. The SMILES string of the molecule is O=C(NCCCNc1ccc([N+](=O)[O-])cc1C(F)(F)F)c1cc(F)c(F)cc1Cl. The summed E-state index contributed by atoms with van der Waals surface area (Å²) in [6, 6.07) is 3.60. The minimum atomic E-state index is -4.80. The van der Waals surface area contributed by atoms with E-state index in [2.05, 4.69) is 10.6 Å². The second-order valence-electron chi connectivity index (χ2n) is 5.77. The molecule has 0 saturated carbocycles. The van der Waals surface area contributed by atoms with Crippen LogP contribution >= 0.6 is 11.6 Å². The summed E-state index contributed by atoms with van der Waals surface area (Å²) in [7, 11) is 0. The third-order valence-electron chi connectivity index (χ3n) is 3.73. The maximum absolute atomic E-state index is 13.2. The van der Waals surface area contributed by atoms with Gasteiger partial charge in [0.1, 0.15) is 0 Å². The Labute approximate surface area is 165 Å². The van der Waals surface area contributed by atoms with Crippen LogP contribution in [0.1, 0.15) is 22.3 Å². The molecule has 0 unspecified atom stereocenters. The van der Waals surface area contributed by atoms with Crippen LogP contribution in [0.5, 0.6) is 0 Å². The predicted molar refractivity (Wildman–Crippen MR) is 94.9 cm³/mol. The zero-order valence-electron chi connectivity index (χ0n) is 14.4. The van der Waals surface area contributed by atoms with Gasteiger partial charge in [-0.3, -0.25) is 14.9 Å². The largest absolute Gasteiger partial charge is 0.418 e. The normalized spacial score (nSPS) is 11.2. The van der Waals surface area contributed by atoms with Gasteiger partial charge in [0.25, 0.3) is 11.6 Å². The molecule has 1 amide bonds. The van der Waals surface area contributed by atoms with Gasteiger partial charge in [-0.25, -0.2) is 8.78 Å². The maximum Gasteiger partial charge on any atom is 0.418 e. The minimum absolute atomic E-state index is 0.00447. The molecule has 2 rings (SSSR count). The van der Waals surface area contributed by atoms with E-state index in [1.165, 1.54) is 0 Å². The van der Waals surface area contributed by atoms with E-state index in [4.69, 9.17) is 11.6 Å². The first-order valence-corrected chi connectivity index (χ1v) is 8.40. The van der Waals surface area contributed by atoms with Crippen molar-refractivity contribution in [3.05, 3.63) is 68.2 Å². The monoisotopic (exact) mass is 437 g/mol. The summed E-state index contributed by atoms with van der Waals surface area (Å²) in [6.07, 6.45) is -4.63. The Morgan fingerprint density at radius 3 is 2.38 bits per heavy atom. The first-order chi connectivity index (χ1) is 13.5. The highest BCUT2D eigenvalue weighted by atomic mass is 35.5. The molecule has 2 N–H and O–H groups in total. The van der Waals surface area contributed by atoms with E-state index in [9.17, 15) is 36.9 Å². The number of benzene rings is 2. The highest BCUT2D eigenvalue weighted by Gasteiger charge is 2.35. The van der Waals surface area contributed by atoms with Crippen molar-refractivity contribution in [2.24, 2.45) is 0 Å². The molecular weight excluding hydrogens is 425 g/mol. The zero-order chi connectivity index (χ0) is 21.8. The van der Waals surface area contributed by atoms with Crippen LogP contribution < -0.4 is 10.6 Å². The number of nitrogens with one attached hydrogen (secondary N) is 2. The van der Waals surface area contributed by atoms with E-state index in [0.29, 0.717) is 18.2 Å². The second-order valence-corrected chi connectivity index (χ2v) is 6.17. The van der Waals surface area contributed by atoms with E-state index >= 15 is 0 Å². The number of nitro benzene ring substituents is 1. The van der Waals surface area contributed by atoms with Crippen LogP contribution in [-0.2, 0) is 6.18 Å². The molecule has 0 aliphatic rings. The van der Waals surface area contributed by atoms with E-state index < -0.39 is 39.9 Å². The summed E-state index contributed by atoms with van der Waals surface area (Å²) >= 11 is 5.68. The second kappa shape index (κ2) is 9.03. The Bertz CT molecular complexity index is 937. The van der Waals surface area contributed by atoms with Crippen molar-refractivity contribution >= 4 is 28.9 Å². The van der Waals surface area contributed by atoms with E-state index in [1.54, 1.807) is 0 Å². The molecule has 6 nitrogen and oxygen atoms in total. The van der Waals surface area contributed by atoms with E-state index in [0.717, 1.165) is 12.1 Å². The van der Waals surface area contributed by atoms with Crippen LogP contribution in [-0.4, -0.2) is 23.9 Å². The summed E-state index contributed by atoms with van der Waals surface area (Å²) in [6.45, 7) is -0.0117. The molecule has 12 heteroatoms. The third-order valence-corrected chi connectivity index (χ3v) is 4.04. The summed E-state index contributed by atoms with van der Waals surface area (Å²) in [4.78, 5) is 21.7. The van der Waals surface area contributed by atoms with E-state index in [-0.39, 0.29) is 35.8 Å². The minimum Gasteiger partial charge on any atom is -0.384 e. The number of nitro groups is 1. The number of non-ortho nitro benzene ring substituents is 1. The lowest BCUT2D eigenvalue weighted by molar-refractivity contribution is -0.385. The molecule has 2 aromatic carbocycles. The molecule has 29 heavy (non-hydrogen) atoms. The van der Waals surface area contributed by atoms with Gasteiger partial charge in [-0.05, 0) is 24.6 Å². The molecule has 0 saturated heterocycles. The first-order valence-electron chi connectivity index (χ1n) is 8.03. The summed E-state index contributed by atoms with van der Waals surface area (Å²) in [5.41, 5.74) is -2.52. The summed E-state index contributed by atoms with van der Waals surface area (Å²) < 4.78 is 65.4. The fraction of sp³-hybridized carbons (Fsp3) is 0.235. The van der Waals surface area contributed by atoms with Crippen molar-refractivity contribution in [2.75, 3.05) is 18.4 Å². The zero-order valence-corrected chi connectivity index (χ0v) is 15.2. The highest BCUT2D eigenvalue weighted by Crippen LogP contribution is 2.37. The average molecular weight is 438 g/mol. The van der Waals surface area contributed by atoms with Crippen molar-refractivity contribution in [1.29, 1.82) is 0 Å². The van der Waals surface area contributed by atoms with Gasteiger partial charge in [0.15, 0.2) is 11.6 Å². The van der Waals surface area contributed by atoms with Gasteiger partial charge < -0.3 is 10.6 Å². The molecule has 156 valence electrons. The van der Waals surface area contributed by atoms with Gasteiger partial charge in [0.2, 0.25) is 0 Å². The average Bonchev–Trinajstić information content (AvgIpc) is 2.63. The third kappa shape index (κ3) is 5.76. The van der Waals surface area contributed by atoms with Crippen molar-refractivity contribution in [3.8, 4) is 0 Å². The lowest BCUT2D eigenvalue weighted by atomic mass is 10.1. The molecule has 0 atom stereocenters. The van der Waals surface area contributed by atoms with Crippen LogP contribution in [0.25, 0.3) is 0 Å². The van der Waals surface area contributed by atoms with E-state index in [1.807, 2.05) is 0 Å². The quantitative estimate of drug-likeness (QED) is 0.215. The number of nitrogens with zero attached hydrogens (tertiary/aromatic N) is 1. The van der Waals surface area contributed by atoms with Crippen LogP contribution in [0.4, 0.5) is 33.3 Å². The van der Waals surface area contributed by atoms with Crippen LogP contribution in [0.15, 0.2) is 30.3 Å². The lowest BCUT2D eigenvalue weighted by Gasteiger charge is -2.14. The first kappa shape index (κ1) is 22.3. The fourth-order valence-corrected chi connectivity index (χ4v) is 2.58. The smallest absolute Gasteiger partial charge is 0.384 e. The standard InChI is InChI=1S/C17H13ClF5N3O3/c18-12-8-14(20)13(19)7-10(12)16(27)25-5-1-4-24-15-3-2-9(26(28)29)6-11(15)17(21,22)23/h2-3,6-8,24H,1,4-5H2,(H,25,27). The number of anilines is 1. The Hall–Kier alpha value is -2.95. The molecule has 0 heterocycles. The fourth-order valence-electron chi connectivity index (χ4n) is 2.34. The Kier molecular flexibility index (Phi) is 6.96. The van der Waals surface area contributed by atoms with Crippen LogP contribution in [0.2, 0.25) is 5.02 Å². The number of carbonyl (C=O) groups is 1. The molecule has 0 aromatic heterocycles. The molecule has 0 fully saturated rings. The Morgan fingerprint density at radius 1 is 1.10 bits per heavy atom. The predicted octanol–water partition coefficient (Wildman–Crippen LogP) is 4.78. The number of carbonyl (C=O) groups excluding carboxylic acids is 1. The number of halogens is 6. The molecule has 0 bridgehead atoms. The van der Waals surface area contributed by atoms with Gasteiger partial charge in [-0.2, -0.15) is 13.2 Å². The van der Waals surface area contributed by atoms with Crippen LogP contribution in [0, 0.1) is 21.7 Å². The Morgan fingerprint density at radius 2 is 1.76 bits per heavy atom. The number of hydrogen-bond acceptors (Lipinski definition) is 4. The Balaban J connectivity index is 1.93. The number of rotatable bonds is 7. The maximum atomic E-state index is 13.2. The molecule has 0 aliphatic heterocycles. The number of alkyl halides is 3. The van der Waals surface area contributed by atoms with Gasteiger partial charge in [-0.1, -0.05) is 11.6 Å². The number of hydrogen-bond donors (Lipinski definition) is 2. The molecule has 0 aliphatic carbocycles. The summed E-state index contributed by atoms with van der Waals surface area (Å²) in [5.74, 6) is -3.24. The topological polar surface area (TPSA) is 84.3 Å². The van der Waals surface area contributed by atoms with Gasteiger partial charge in [0, 0.05) is 30.9 Å². The molecule has 0 radical (unpaired) electrons. The highest BCUT2D eigenvalue weighted by molar-refractivity contribution is 6.33. The summed E-state index contributed by atoms with van der Waals surface area (Å²) in [5, 5.41) is 15.2. The van der Waals surface area contributed by atoms with Crippen molar-refractivity contribution in [1.82, 2.24) is 5.32 Å². The molecular formula is C17H13ClF5N3O3. The van der Waals surface area contributed by atoms with Gasteiger partial charge in [-0.15, -0.1) is 0 Å². The van der Waals surface area contributed by atoms with Crippen LogP contribution in [0.3, 0.4) is 0 Å². The van der Waals surface area contributed by atoms with Crippen molar-refractivity contribution in [3.63, 3.8) is 0 Å².